The van der Waals surface area contributed by atoms with E-state index in [0.717, 1.165) is 16.9 Å². The molecule has 1 heterocycles. The summed E-state index contributed by atoms with van der Waals surface area (Å²) in [5.74, 6) is 2.19. The van der Waals surface area contributed by atoms with Gasteiger partial charge in [-0.25, -0.2) is 0 Å². The van der Waals surface area contributed by atoms with Gasteiger partial charge in [-0.15, -0.1) is 0 Å². The molecule has 0 N–H and O–H groups in total. The Balaban J connectivity index is 1.96. The Morgan fingerprint density at radius 3 is 2.35 bits per heavy atom. The number of hydrogen-bond acceptors (Lipinski definition) is 3. The van der Waals surface area contributed by atoms with E-state index in [1.54, 1.807) is 14.2 Å². The van der Waals surface area contributed by atoms with Crippen molar-refractivity contribution in [2.75, 3.05) is 14.2 Å². The van der Waals surface area contributed by atoms with E-state index in [2.05, 4.69) is 18.2 Å². The van der Waals surface area contributed by atoms with Gasteiger partial charge < -0.3 is 14.2 Å². The summed E-state index contributed by atoms with van der Waals surface area (Å²) < 4.78 is 16.7. The Morgan fingerprint density at radius 2 is 1.65 bits per heavy atom. The van der Waals surface area contributed by atoms with Crippen LogP contribution < -0.4 is 14.2 Å². The highest BCUT2D eigenvalue weighted by Crippen LogP contribution is 2.40. The van der Waals surface area contributed by atoms with Crippen LogP contribution in [-0.4, -0.2) is 14.2 Å². The van der Waals surface area contributed by atoms with Crippen LogP contribution in [0.2, 0.25) is 0 Å². The van der Waals surface area contributed by atoms with Crippen molar-refractivity contribution in [3.05, 3.63) is 59.7 Å². The van der Waals surface area contributed by atoms with E-state index in [9.17, 15) is 0 Å². The van der Waals surface area contributed by atoms with E-state index in [1.807, 2.05) is 36.4 Å². The fraction of sp³-hybridized carbons (Fsp3) is 0.176. The molecule has 0 amide bonds. The topological polar surface area (TPSA) is 27.7 Å². The fourth-order valence-electron chi connectivity index (χ4n) is 2.30. The average molecular weight is 268 g/mol. The highest BCUT2D eigenvalue weighted by Gasteiger charge is 2.19. The number of ether oxygens (including phenoxy) is 3. The monoisotopic (exact) mass is 268 g/mol. The Hall–Kier alpha value is -2.42. The van der Waals surface area contributed by atoms with Gasteiger partial charge in [-0.2, -0.15) is 0 Å². The molecule has 2 aromatic rings. The Morgan fingerprint density at radius 1 is 0.950 bits per heavy atom. The van der Waals surface area contributed by atoms with Gasteiger partial charge in [-0.1, -0.05) is 36.4 Å². The van der Waals surface area contributed by atoms with Crippen LogP contribution in [0.5, 0.6) is 17.2 Å². The zero-order chi connectivity index (χ0) is 13.9. The van der Waals surface area contributed by atoms with E-state index in [4.69, 9.17) is 14.2 Å². The van der Waals surface area contributed by atoms with Crippen LogP contribution in [0, 0.1) is 0 Å². The molecule has 0 fully saturated rings. The third-order valence-electron chi connectivity index (χ3n) is 3.35. The SMILES string of the molecule is COc1cc2c(cc1OC)OC(c1ccccc1)C=C2. The van der Waals surface area contributed by atoms with Gasteiger partial charge in [-0.3, -0.25) is 0 Å². The van der Waals surface area contributed by atoms with Gasteiger partial charge in [0.1, 0.15) is 11.9 Å². The van der Waals surface area contributed by atoms with E-state index in [1.165, 1.54) is 0 Å². The van der Waals surface area contributed by atoms with Gasteiger partial charge in [0.15, 0.2) is 11.5 Å². The molecule has 1 unspecified atom stereocenters. The molecule has 2 aromatic carbocycles. The summed E-state index contributed by atoms with van der Waals surface area (Å²) in [5, 5.41) is 0. The first-order valence-electron chi connectivity index (χ1n) is 6.47. The van der Waals surface area contributed by atoms with Crippen molar-refractivity contribution in [3.63, 3.8) is 0 Å². The second kappa shape index (κ2) is 5.29. The lowest BCUT2D eigenvalue weighted by Gasteiger charge is -2.23. The largest absolute Gasteiger partial charge is 0.493 e. The molecule has 3 nitrogen and oxygen atoms in total. The average Bonchev–Trinajstić information content (AvgIpc) is 2.53. The normalized spacial score (nSPS) is 16.2. The predicted molar refractivity (Wildman–Crippen MR) is 78.4 cm³/mol. The van der Waals surface area contributed by atoms with Crippen molar-refractivity contribution in [2.24, 2.45) is 0 Å². The molecular weight excluding hydrogens is 252 g/mol. The summed E-state index contributed by atoms with van der Waals surface area (Å²) in [5.41, 5.74) is 2.12. The second-order valence-corrected chi connectivity index (χ2v) is 4.55. The molecule has 3 heteroatoms. The summed E-state index contributed by atoms with van der Waals surface area (Å²) in [6, 6.07) is 13.9. The highest BCUT2D eigenvalue weighted by atomic mass is 16.5. The summed E-state index contributed by atoms with van der Waals surface area (Å²) in [6.45, 7) is 0. The molecule has 0 bridgehead atoms. The van der Waals surface area contributed by atoms with E-state index in [-0.39, 0.29) is 6.10 Å². The molecule has 0 aliphatic carbocycles. The Kier molecular flexibility index (Phi) is 3.33. The van der Waals surface area contributed by atoms with Crippen LogP contribution in [0.25, 0.3) is 6.08 Å². The minimum Gasteiger partial charge on any atom is -0.493 e. The maximum absolute atomic E-state index is 6.04. The molecule has 0 radical (unpaired) electrons. The third kappa shape index (κ3) is 2.23. The minimum atomic E-state index is -0.0678. The first-order chi connectivity index (χ1) is 9.81. The second-order valence-electron chi connectivity index (χ2n) is 4.55. The van der Waals surface area contributed by atoms with Gasteiger partial charge in [0, 0.05) is 11.6 Å². The third-order valence-corrected chi connectivity index (χ3v) is 3.35. The Labute approximate surface area is 118 Å². The number of rotatable bonds is 3. The van der Waals surface area contributed by atoms with Gasteiger partial charge >= 0.3 is 0 Å². The minimum absolute atomic E-state index is 0.0678. The van der Waals surface area contributed by atoms with Crippen LogP contribution in [0.4, 0.5) is 0 Å². The molecule has 1 aliphatic heterocycles. The molecule has 1 atom stereocenters. The molecule has 20 heavy (non-hydrogen) atoms. The summed E-state index contributed by atoms with van der Waals surface area (Å²) in [7, 11) is 3.25. The zero-order valence-electron chi connectivity index (χ0n) is 11.5. The lowest BCUT2D eigenvalue weighted by atomic mass is 10.0. The van der Waals surface area contributed by atoms with Crippen LogP contribution in [0.15, 0.2) is 48.5 Å². The van der Waals surface area contributed by atoms with E-state index >= 15 is 0 Å². The molecular formula is C17H16O3. The molecule has 0 spiro atoms. The standard InChI is InChI=1S/C17H16O3/c1-18-16-10-13-8-9-14(12-6-4-3-5-7-12)20-15(13)11-17(16)19-2/h3-11,14H,1-2H3. The molecule has 0 saturated carbocycles. The van der Waals surface area contributed by atoms with Gasteiger partial charge in [-0.05, 0) is 17.7 Å². The maximum Gasteiger partial charge on any atom is 0.164 e. The lowest BCUT2D eigenvalue weighted by Crippen LogP contribution is -2.09. The van der Waals surface area contributed by atoms with Crippen molar-refractivity contribution in [1.82, 2.24) is 0 Å². The van der Waals surface area contributed by atoms with Crippen LogP contribution in [0.3, 0.4) is 0 Å². The van der Waals surface area contributed by atoms with Gasteiger partial charge in [0.25, 0.3) is 0 Å². The van der Waals surface area contributed by atoms with E-state index < -0.39 is 0 Å². The van der Waals surface area contributed by atoms with E-state index in [0.29, 0.717) is 11.5 Å². The molecule has 102 valence electrons. The number of benzene rings is 2. The van der Waals surface area contributed by atoms with Crippen molar-refractivity contribution in [2.45, 2.75) is 6.10 Å². The quantitative estimate of drug-likeness (QED) is 0.846. The highest BCUT2D eigenvalue weighted by molar-refractivity contribution is 5.65. The van der Waals surface area contributed by atoms with Crippen molar-refractivity contribution < 1.29 is 14.2 Å². The Bertz CT molecular complexity index is 632. The van der Waals surface area contributed by atoms with Gasteiger partial charge in [0.05, 0.1) is 14.2 Å². The predicted octanol–water partition coefficient (Wildman–Crippen LogP) is 3.85. The zero-order valence-corrected chi connectivity index (χ0v) is 11.5. The summed E-state index contributed by atoms with van der Waals surface area (Å²) in [6.07, 6.45) is 4.03. The summed E-state index contributed by atoms with van der Waals surface area (Å²) in [4.78, 5) is 0. The molecule has 0 saturated heterocycles. The first kappa shape index (κ1) is 12.6. The summed E-state index contributed by atoms with van der Waals surface area (Å²) >= 11 is 0. The molecule has 3 rings (SSSR count). The molecule has 0 aromatic heterocycles. The number of fused-ring (bicyclic) bond motifs is 1. The van der Waals surface area contributed by atoms with Crippen LogP contribution in [0.1, 0.15) is 17.2 Å². The van der Waals surface area contributed by atoms with Crippen molar-refractivity contribution in [3.8, 4) is 17.2 Å². The van der Waals surface area contributed by atoms with Crippen molar-refractivity contribution >= 4 is 6.08 Å². The number of hydrogen-bond donors (Lipinski definition) is 0. The first-order valence-corrected chi connectivity index (χ1v) is 6.47. The smallest absolute Gasteiger partial charge is 0.164 e. The number of methoxy groups -OCH3 is 2. The van der Waals surface area contributed by atoms with Gasteiger partial charge in [0.2, 0.25) is 0 Å². The van der Waals surface area contributed by atoms with Crippen molar-refractivity contribution in [1.29, 1.82) is 0 Å². The molecule has 1 aliphatic rings. The van der Waals surface area contributed by atoms with Crippen LogP contribution in [-0.2, 0) is 0 Å². The lowest BCUT2D eigenvalue weighted by molar-refractivity contribution is 0.249. The maximum atomic E-state index is 6.04. The fourth-order valence-corrected chi connectivity index (χ4v) is 2.30. The van der Waals surface area contributed by atoms with Crippen LogP contribution >= 0.6 is 0 Å².